The van der Waals surface area contributed by atoms with E-state index in [0.717, 1.165) is 30.3 Å². The Kier molecular flexibility index (Phi) is 4.71. The number of hydrogen-bond donors (Lipinski definition) is 0. The molecule has 0 radical (unpaired) electrons. The maximum atomic E-state index is 14.5. The standard InChI is InChI=1S/C19H27BFNO3/c1-13-11-16(21)14(17(23)22-9-7-6-8-10-22)12-15(13)20-24-18(2,3)19(4,5)25-20/h11-12H,6-10H2,1-5H3. The summed E-state index contributed by atoms with van der Waals surface area (Å²) < 4.78 is 26.7. The molecule has 1 aromatic carbocycles. The summed E-state index contributed by atoms with van der Waals surface area (Å²) in [5, 5.41) is 0. The number of halogens is 1. The van der Waals surface area contributed by atoms with Crippen molar-refractivity contribution in [2.45, 2.75) is 65.1 Å². The zero-order valence-electron chi connectivity index (χ0n) is 15.8. The SMILES string of the molecule is Cc1cc(F)c(C(=O)N2CCCCC2)cc1B1OC(C)(C)C(C)(C)O1. The Morgan fingerprint density at radius 1 is 1.08 bits per heavy atom. The van der Waals surface area contributed by atoms with Gasteiger partial charge in [0.15, 0.2) is 0 Å². The van der Waals surface area contributed by atoms with E-state index in [9.17, 15) is 9.18 Å². The van der Waals surface area contributed by atoms with E-state index in [4.69, 9.17) is 9.31 Å². The first kappa shape index (κ1) is 18.4. The first-order chi connectivity index (χ1) is 11.6. The molecule has 0 spiro atoms. The van der Waals surface area contributed by atoms with E-state index in [1.807, 2.05) is 34.6 Å². The molecular weight excluding hydrogens is 320 g/mol. The van der Waals surface area contributed by atoms with Crippen LogP contribution in [0.25, 0.3) is 0 Å². The normalized spacial score (nSPS) is 22.3. The molecule has 25 heavy (non-hydrogen) atoms. The molecule has 0 N–H and O–H groups in total. The summed E-state index contributed by atoms with van der Waals surface area (Å²) in [4.78, 5) is 14.5. The fourth-order valence-corrected chi connectivity index (χ4v) is 3.34. The monoisotopic (exact) mass is 347 g/mol. The second-order valence-corrected chi connectivity index (χ2v) is 8.13. The molecular formula is C19H27BFNO3. The highest BCUT2D eigenvalue weighted by Crippen LogP contribution is 2.36. The van der Waals surface area contributed by atoms with E-state index in [-0.39, 0.29) is 11.5 Å². The number of hydrogen-bond acceptors (Lipinski definition) is 3. The predicted molar refractivity (Wildman–Crippen MR) is 96.6 cm³/mol. The van der Waals surface area contributed by atoms with Crippen LogP contribution in [0.5, 0.6) is 0 Å². The molecule has 2 aliphatic rings. The zero-order chi connectivity index (χ0) is 18.4. The van der Waals surface area contributed by atoms with E-state index in [2.05, 4.69) is 0 Å². The molecule has 2 fully saturated rings. The third kappa shape index (κ3) is 3.34. The fourth-order valence-electron chi connectivity index (χ4n) is 3.34. The second kappa shape index (κ2) is 6.40. The van der Waals surface area contributed by atoms with Gasteiger partial charge in [0, 0.05) is 13.1 Å². The number of benzene rings is 1. The van der Waals surface area contributed by atoms with Gasteiger partial charge in [-0.1, -0.05) is 0 Å². The number of aryl methyl sites for hydroxylation is 1. The predicted octanol–water partition coefficient (Wildman–Crippen LogP) is 3.06. The summed E-state index contributed by atoms with van der Waals surface area (Å²) in [5.74, 6) is -0.719. The average molecular weight is 347 g/mol. The van der Waals surface area contributed by atoms with E-state index >= 15 is 0 Å². The van der Waals surface area contributed by atoms with Crippen molar-refractivity contribution < 1.29 is 18.5 Å². The van der Waals surface area contributed by atoms with E-state index < -0.39 is 24.1 Å². The van der Waals surface area contributed by atoms with Crippen LogP contribution in [0.4, 0.5) is 4.39 Å². The number of amides is 1. The van der Waals surface area contributed by atoms with Gasteiger partial charge in [-0.15, -0.1) is 0 Å². The van der Waals surface area contributed by atoms with Gasteiger partial charge in [0.1, 0.15) is 5.82 Å². The Morgan fingerprint density at radius 2 is 1.64 bits per heavy atom. The van der Waals surface area contributed by atoms with Crippen LogP contribution in [-0.2, 0) is 9.31 Å². The van der Waals surface area contributed by atoms with Gasteiger partial charge in [-0.25, -0.2) is 4.39 Å². The van der Waals surface area contributed by atoms with Gasteiger partial charge in [0.05, 0.1) is 16.8 Å². The molecule has 0 aromatic heterocycles. The lowest BCUT2D eigenvalue weighted by Crippen LogP contribution is -2.41. The van der Waals surface area contributed by atoms with E-state index in [1.165, 1.54) is 6.07 Å². The van der Waals surface area contributed by atoms with Crippen molar-refractivity contribution in [3.8, 4) is 0 Å². The number of piperidine rings is 1. The summed E-state index contributed by atoms with van der Waals surface area (Å²) in [6.07, 6.45) is 3.08. The van der Waals surface area contributed by atoms with Crippen LogP contribution >= 0.6 is 0 Å². The average Bonchev–Trinajstić information content (AvgIpc) is 2.75. The molecule has 0 unspecified atom stereocenters. The van der Waals surface area contributed by atoms with Crippen molar-refractivity contribution >= 4 is 18.5 Å². The molecule has 136 valence electrons. The lowest BCUT2D eigenvalue weighted by molar-refractivity contribution is 0.00578. The summed E-state index contributed by atoms with van der Waals surface area (Å²) in [6.45, 7) is 11.1. The fraction of sp³-hybridized carbons (Fsp3) is 0.632. The summed E-state index contributed by atoms with van der Waals surface area (Å²) in [7, 11) is -0.599. The Bertz CT molecular complexity index is 667. The summed E-state index contributed by atoms with van der Waals surface area (Å²) in [6, 6.07) is 3.03. The first-order valence-corrected chi connectivity index (χ1v) is 9.07. The lowest BCUT2D eigenvalue weighted by Gasteiger charge is -2.32. The van der Waals surface area contributed by atoms with Gasteiger partial charge in [0.2, 0.25) is 0 Å². The van der Waals surface area contributed by atoms with Gasteiger partial charge in [-0.05, 0) is 77.0 Å². The molecule has 2 aliphatic heterocycles. The highest BCUT2D eigenvalue weighted by Gasteiger charge is 2.52. The Morgan fingerprint density at radius 3 is 2.20 bits per heavy atom. The third-order valence-corrected chi connectivity index (χ3v) is 5.74. The highest BCUT2D eigenvalue weighted by atomic mass is 19.1. The van der Waals surface area contributed by atoms with Crippen LogP contribution in [-0.4, -0.2) is 42.2 Å². The van der Waals surface area contributed by atoms with Crippen molar-refractivity contribution in [3.05, 3.63) is 29.1 Å². The molecule has 1 amide bonds. The molecule has 2 saturated heterocycles. The molecule has 2 heterocycles. The second-order valence-electron chi connectivity index (χ2n) is 8.13. The van der Waals surface area contributed by atoms with Crippen molar-refractivity contribution in [2.24, 2.45) is 0 Å². The van der Waals surface area contributed by atoms with Crippen LogP contribution in [0.3, 0.4) is 0 Å². The molecule has 0 aliphatic carbocycles. The Hall–Kier alpha value is -1.40. The number of rotatable bonds is 2. The number of carbonyl (C=O) groups is 1. The van der Waals surface area contributed by atoms with Crippen molar-refractivity contribution in [1.82, 2.24) is 4.90 Å². The highest BCUT2D eigenvalue weighted by molar-refractivity contribution is 6.62. The minimum atomic E-state index is -0.599. The number of carbonyl (C=O) groups excluding carboxylic acids is 1. The van der Waals surface area contributed by atoms with Crippen LogP contribution < -0.4 is 5.46 Å². The van der Waals surface area contributed by atoms with Crippen LogP contribution in [0.15, 0.2) is 12.1 Å². The molecule has 0 atom stereocenters. The molecule has 6 heteroatoms. The van der Waals surface area contributed by atoms with E-state index in [1.54, 1.807) is 11.0 Å². The molecule has 0 saturated carbocycles. The quantitative estimate of drug-likeness (QED) is 0.772. The van der Waals surface area contributed by atoms with Crippen molar-refractivity contribution in [3.63, 3.8) is 0 Å². The van der Waals surface area contributed by atoms with Crippen molar-refractivity contribution in [1.29, 1.82) is 0 Å². The van der Waals surface area contributed by atoms with Crippen LogP contribution in [0.1, 0.15) is 62.9 Å². The van der Waals surface area contributed by atoms with Gasteiger partial charge in [-0.3, -0.25) is 4.79 Å². The van der Waals surface area contributed by atoms with Gasteiger partial charge < -0.3 is 14.2 Å². The first-order valence-electron chi connectivity index (χ1n) is 9.07. The minimum Gasteiger partial charge on any atom is -0.399 e. The summed E-state index contributed by atoms with van der Waals surface area (Å²) >= 11 is 0. The maximum Gasteiger partial charge on any atom is 0.495 e. The molecule has 4 nitrogen and oxygen atoms in total. The summed E-state index contributed by atoms with van der Waals surface area (Å²) in [5.41, 5.74) is 0.606. The smallest absolute Gasteiger partial charge is 0.399 e. The Labute approximate surface area is 149 Å². The molecule has 0 bridgehead atoms. The van der Waals surface area contributed by atoms with Crippen molar-refractivity contribution in [2.75, 3.05) is 13.1 Å². The van der Waals surface area contributed by atoms with E-state index in [0.29, 0.717) is 13.1 Å². The molecule has 3 rings (SSSR count). The van der Waals surface area contributed by atoms with Gasteiger partial charge in [0.25, 0.3) is 5.91 Å². The largest absolute Gasteiger partial charge is 0.495 e. The van der Waals surface area contributed by atoms with Crippen LogP contribution in [0.2, 0.25) is 0 Å². The minimum absolute atomic E-state index is 0.109. The molecule has 1 aromatic rings. The lowest BCUT2D eigenvalue weighted by atomic mass is 9.75. The van der Waals surface area contributed by atoms with Crippen LogP contribution in [0, 0.1) is 12.7 Å². The number of nitrogens with zero attached hydrogens (tertiary/aromatic N) is 1. The number of likely N-dealkylation sites (tertiary alicyclic amines) is 1. The third-order valence-electron chi connectivity index (χ3n) is 5.74. The van der Waals surface area contributed by atoms with Gasteiger partial charge >= 0.3 is 7.12 Å². The van der Waals surface area contributed by atoms with Gasteiger partial charge in [-0.2, -0.15) is 0 Å². The maximum absolute atomic E-state index is 14.5. The Balaban J connectivity index is 1.93. The zero-order valence-corrected chi connectivity index (χ0v) is 15.8. The topological polar surface area (TPSA) is 38.8 Å².